The van der Waals surface area contributed by atoms with Crippen LogP contribution < -0.4 is 9.47 Å². The molecule has 3 aromatic carbocycles. The van der Waals surface area contributed by atoms with Gasteiger partial charge in [-0.25, -0.2) is 0 Å². The Kier molecular flexibility index (Phi) is 17.1. The van der Waals surface area contributed by atoms with Gasteiger partial charge >= 0.3 is 0 Å². The maximum Gasteiger partial charge on any atom is 0.192 e. The minimum atomic E-state index is -2.32. The molecule has 0 radical (unpaired) electrons. The van der Waals surface area contributed by atoms with E-state index in [1.54, 1.807) is 14.2 Å². The SMILES string of the molecule is COc1ccc(COCC=CC(C)(C)C(=O)CC(=O)C[C@@H](CC(OCc2ccc(OC)cc2)[C@@H](C)OCc2ccccc2)O[Si](C)(C)C(C)(C)C)cc1. The summed E-state index contributed by atoms with van der Waals surface area (Å²) in [4.78, 5) is 27.2. The second-order valence-electron chi connectivity index (χ2n) is 15.8. The lowest BCUT2D eigenvalue weighted by Gasteiger charge is -2.40. The van der Waals surface area contributed by atoms with Crippen LogP contribution in [0, 0.1) is 5.41 Å². The van der Waals surface area contributed by atoms with Crippen LogP contribution in [0.2, 0.25) is 18.1 Å². The van der Waals surface area contributed by atoms with Crippen LogP contribution in [0.1, 0.15) is 77.5 Å². The normalized spacial score (nSPS) is 14.2. The first-order chi connectivity index (χ1) is 25.0. The molecule has 290 valence electrons. The van der Waals surface area contributed by atoms with Crippen molar-refractivity contribution in [3.63, 3.8) is 0 Å². The lowest BCUT2D eigenvalue weighted by molar-refractivity contribution is -0.132. The largest absolute Gasteiger partial charge is 0.497 e. The monoisotopic (exact) mass is 746 g/mol. The molecule has 9 heteroatoms. The first-order valence-electron chi connectivity index (χ1n) is 18.5. The Bertz CT molecular complexity index is 1560. The fourth-order valence-corrected chi connectivity index (χ4v) is 6.76. The summed E-state index contributed by atoms with van der Waals surface area (Å²) in [6.07, 6.45) is 2.91. The maximum atomic E-state index is 13.7. The fraction of sp³-hybridized carbons (Fsp3) is 0.500. The zero-order valence-electron chi connectivity index (χ0n) is 33.6. The van der Waals surface area contributed by atoms with Crippen LogP contribution in [0.4, 0.5) is 0 Å². The zero-order valence-corrected chi connectivity index (χ0v) is 34.6. The van der Waals surface area contributed by atoms with Crippen molar-refractivity contribution in [1.29, 1.82) is 0 Å². The molecule has 0 aliphatic rings. The summed E-state index contributed by atoms with van der Waals surface area (Å²) in [6, 6.07) is 25.5. The first-order valence-corrected chi connectivity index (χ1v) is 21.4. The van der Waals surface area contributed by atoms with Gasteiger partial charge in [-0.1, -0.05) is 87.5 Å². The van der Waals surface area contributed by atoms with Crippen LogP contribution in [0.25, 0.3) is 0 Å². The van der Waals surface area contributed by atoms with Crippen LogP contribution in [0.15, 0.2) is 91.0 Å². The summed E-state index contributed by atoms with van der Waals surface area (Å²) < 4.78 is 36.2. The van der Waals surface area contributed by atoms with Crippen molar-refractivity contribution in [2.75, 3.05) is 20.8 Å². The number of rotatable bonds is 23. The van der Waals surface area contributed by atoms with Crippen molar-refractivity contribution in [3.05, 3.63) is 108 Å². The number of carbonyl (C=O) groups is 2. The predicted molar refractivity (Wildman–Crippen MR) is 214 cm³/mol. The quantitative estimate of drug-likeness (QED) is 0.0410. The number of ketones is 2. The number of ether oxygens (including phenoxy) is 5. The van der Waals surface area contributed by atoms with E-state index in [2.05, 4.69) is 33.9 Å². The lowest BCUT2D eigenvalue weighted by Crippen LogP contribution is -2.46. The van der Waals surface area contributed by atoms with E-state index in [-0.39, 0.29) is 41.7 Å². The van der Waals surface area contributed by atoms with Gasteiger partial charge in [0.15, 0.2) is 8.32 Å². The molecule has 0 amide bonds. The Hall–Kier alpha value is -3.60. The number of Topliss-reactive ketones (excluding diaryl/α,β-unsaturated/α-hetero) is 2. The topological polar surface area (TPSA) is 89.5 Å². The number of hydrogen-bond acceptors (Lipinski definition) is 8. The molecule has 0 aliphatic heterocycles. The van der Waals surface area contributed by atoms with Gasteiger partial charge in [-0.15, -0.1) is 0 Å². The third-order valence-corrected chi connectivity index (χ3v) is 14.5. The summed E-state index contributed by atoms with van der Waals surface area (Å²) in [5.41, 5.74) is 2.26. The molecule has 0 saturated carbocycles. The van der Waals surface area contributed by atoms with E-state index >= 15 is 0 Å². The van der Waals surface area contributed by atoms with Crippen molar-refractivity contribution in [1.82, 2.24) is 0 Å². The zero-order chi connectivity index (χ0) is 39.1. The number of benzene rings is 3. The van der Waals surface area contributed by atoms with E-state index < -0.39 is 19.8 Å². The molecule has 1 unspecified atom stereocenters. The summed E-state index contributed by atoms with van der Waals surface area (Å²) in [5, 5.41) is -0.0821. The van der Waals surface area contributed by atoms with Crippen molar-refractivity contribution in [3.8, 4) is 11.5 Å². The standard InChI is InChI=1S/C44H62O8Si/c1-33(50-31-34-15-12-11-13-16-34)41(51-32-36-19-23-39(48-8)24-20-36)29-40(52-53(9,10)43(2,3)4)27-37(45)28-42(46)44(5,6)25-14-26-49-30-35-17-21-38(47-7)22-18-35/h11-25,33,40-41H,26-32H2,1-10H3/t33-,40+,41?/m1/s1. The van der Waals surface area contributed by atoms with Crippen molar-refractivity contribution in [2.45, 2.75) is 117 Å². The Morgan fingerprint density at radius 1 is 0.736 bits per heavy atom. The number of carbonyl (C=O) groups excluding carboxylic acids is 2. The minimum Gasteiger partial charge on any atom is -0.497 e. The Balaban J connectivity index is 1.71. The molecule has 0 fully saturated rings. The molecular formula is C44H62O8Si. The predicted octanol–water partition coefficient (Wildman–Crippen LogP) is 9.69. The molecule has 0 N–H and O–H groups in total. The minimum absolute atomic E-state index is 0.0821. The van der Waals surface area contributed by atoms with E-state index in [0.29, 0.717) is 32.8 Å². The highest BCUT2D eigenvalue weighted by Crippen LogP contribution is 2.38. The average molecular weight is 747 g/mol. The molecule has 0 saturated heterocycles. The second kappa shape index (κ2) is 20.7. The van der Waals surface area contributed by atoms with Gasteiger partial charge in [0.05, 0.1) is 65.4 Å². The van der Waals surface area contributed by atoms with E-state index in [1.807, 2.05) is 112 Å². The fourth-order valence-electron chi connectivity index (χ4n) is 5.39. The summed E-state index contributed by atoms with van der Waals surface area (Å²) in [5.74, 6) is 1.27. The second-order valence-corrected chi connectivity index (χ2v) is 20.5. The molecular weight excluding hydrogens is 685 g/mol. The maximum absolute atomic E-state index is 13.7. The third-order valence-electron chi connectivity index (χ3n) is 9.97. The smallest absolute Gasteiger partial charge is 0.192 e. The Morgan fingerprint density at radius 2 is 1.26 bits per heavy atom. The van der Waals surface area contributed by atoms with Crippen molar-refractivity contribution in [2.24, 2.45) is 5.41 Å². The van der Waals surface area contributed by atoms with Gasteiger partial charge < -0.3 is 28.1 Å². The lowest BCUT2D eigenvalue weighted by atomic mass is 9.84. The summed E-state index contributed by atoms with van der Waals surface area (Å²) in [7, 11) is 0.963. The van der Waals surface area contributed by atoms with Gasteiger partial charge in [-0.05, 0) is 79.9 Å². The molecule has 53 heavy (non-hydrogen) atoms. The summed E-state index contributed by atoms with van der Waals surface area (Å²) in [6.45, 7) is 18.2. The van der Waals surface area contributed by atoms with Crippen LogP contribution >= 0.6 is 0 Å². The van der Waals surface area contributed by atoms with Crippen LogP contribution in [-0.4, -0.2) is 59.0 Å². The van der Waals surface area contributed by atoms with Gasteiger partial charge in [-0.3, -0.25) is 9.59 Å². The third kappa shape index (κ3) is 15.0. The van der Waals surface area contributed by atoms with E-state index in [1.165, 1.54) is 0 Å². The molecule has 0 spiro atoms. The highest BCUT2D eigenvalue weighted by Gasteiger charge is 2.41. The van der Waals surface area contributed by atoms with Gasteiger partial charge in [0.1, 0.15) is 23.1 Å². The highest BCUT2D eigenvalue weighted by molar-refractivity contribution is 6.74. The molecule has 0 heterocycles. The molecule has 0 aliphatic carbocycles. The van der Waals surface area contributed by atoms with Crippen molar-refractivity contribution < 1.29 is 37.7 Å². The molecule has 0 bridgehead atoms. The molecule has 3 rings (SSSR count). The van der Waals surface area contributed by atoms with Crippen LogP contribution in [0.5, 0.6) is 11.5 Å². The molecule has 3 aromatic rings. The van der Waals surface area contributed by atoms with E-state index in [9.17, 15) is 9.59 Å². The van der Waals surface area contributed by atoms with E-state index in [0.717, 1.165) is 28.2 Å². The van der Waals surface area contributed by atoms with Gasteiger partial charge in [0.2, 0.25) is 0 Å². The number of hydrogen-bond donors (Lipinski definition) is 0. The Labute approximate surface area is 319 Å². The van der Waals surface area contributed by atoms with Gasteiger partial charge in [0.25, 0.3) is 0 Å². The molecule has 8 nitrogen and oxygen atoms in total. The summed E-state index contributed by atoms with van der Waals surface area (Å²) >= 11 is 0. The van der Waals surface area contributed by atoms with E-state index in [4.69, 9.17) is 28.1 Å². The molecule has 3 atom stereocenters. The van der Waals surface area contributed by atoms with Crippen LogP contribution in [-0.2, 0) is 48.0 Å². The van der Waals surface area contributed by atoms with Crippen molar-refractivity contribution >= 4 is 19.9 Å². The highest BCUT2D eigenvalue weighted by atomic mass is 28.4. The van der Waals surface area contributed by atoms with Gasteiger partial charge in [-0.2, -0.15) is 0 Å². The number of methoxy groups -OCH3 is 2. The van der Waals surface area contributed by atoms with Gasteiger partial charge in [0, 0.05) is 18.3 Å². The average Bonchev–Trinajstić information content (AvgIpc) is 3.12. The molecule has 0 aromatic heterocycles. The Morgan fingerprint density at radius 3 is 1.81 bits per heavy atom. The first kappa shape index (κ1) is 43.8. The number of allylic oxidation sites excluding steroid dienone is 1. The van der Waals surface area contributed by atoms with Crippen LogP contribution in [0.3, 0.4) is 0 Å².